The summed E-state index contributed by atoms with van der Waals surface area (Å²) in [6.45, 7) is 0.131. The standard InChI is InChI=1S/C14H11Cl2FN2O/c15-9-3-10(16)5-12(4-9)20-7-8-1-2-11(17)6-13(8)14(18)19/h1-6H,7H2,(H3,18,19). The molecule has 104 valence electrons. The van der Waals surface area contributed by atoms with Crippen molar-refractivity contribution in [3.8, 4) is 5.75 Å². The maximum atomic E-state index is 13.1. The zero-order valence-electron chi connectivity index (χ0n) is 10.3. The summed E-state index contributed by atoms with van der Waals surface area (Å²) in [7, 11) is 0. The molecular formula is C14H11Cl2FN2O. The minimum Gasteiger partial charge on any atom is -0.489 e. The maximum absolute atomic E-state index is 13.1. The van der Waals surface area contributed by atoms with Gasteiger partial charge in [-0.3, -0.25) is 5.41 Å². The van der Waals surface area contributed by atoms with Crippen molar-refractivity contribution < 1.29 is 9.13 Å². The number of nitrogens with one attached hydrogen (secondary N) is 1. The Morgan fingerprint density at radius 3 is 2.40 bits per heavy atom. The van der Waals surface area contributed by atoms with E-state index >= 15 is 0 Å². The van der Waals surface area contributed by atoms with Gasteiger partial charge in [0, 0.05) is 21.2 Å². The van der Waals surface area contributed by atoms with E-state index in [1.165, 1.54) is 18.2 Å². The SMILES string of the molecule is N=C(N)c1cc(F)ccc1COc1cc(Cl)cc(Cl)c1. The van der Waals surface area contributed by atoms with Gasteiger partial charge in [0.2, 0.25) is 0 Å². The highest BCUT2D eigenvalue weighted by Gasteiger charge is 2.08. The van der Waals surface area contributed by atoms with Crippen LogP contribution in [0.3, 0.4) is 0 Å². The van der Waals surface area contributed by atoms with Crippen LogP contribution in [0.4, 0.5) is 4.39 Å². The molecule has 0 bridgehead atoms. The van der Waals surface area contributed by atoms with Crippen molar-refractivity contribution in [2.24, 2.45) is 5.73 Å². The molecule has 0 radical (unpaired) electrons. The lowest BCUT2D eigenvalue weighted by molar-refractivity contribution is 0.306. The number of hydrogen-bond donors (Lipinski definition) is 2. The third kappa shape index (κ3) is 3.62. The van der Waals surface area contributed by atoms with E-state index < -0.39 is 5.82 Å². The normalized spacial score (nSPS) is 10.3. The van der Waals surface area contributed by atoms with E-state index in [0.29, 0.717) is 26.9 Å². The molecule has 0 saturated heterocycles. The summed E-state index contributed by atoms with van der Waals surface area (Å²) in [6.07, 6.45) is 0. The molecule has 6 heteroatoms. The van der Waals surface area contributed by atoms with Crippen LogP contribution in [-0.2, 0) is 6.61 Å². The Bertz CT molecular complexity index is 641. The molecule has 0 aliphatic rings. The van der Waals surface area contributed by atoms with Crippen molar-refractivity contribution in [1.29, 1.82) is 5.41 Å². The quantitative estimate of drug-likeness (QED) is 0.662. The molecule has 0 aliphatic carbocycles. The first-order valence-electron chi connectivity index (χ1n) is 5.67. The Labute approximate surface area is 125 Å². The van der Waals surface area contributed by atoms with Crippen molar-refractivity contribution in [3.63, 3.8) is 0 Å². The lowest BCUT2D eigenvalue weighted by atomic mass is 10.1. The van der Waals surface area contributed by atoms with Gasteiger partial charge in [-0.25, -0.2) is 4.39 Å². The van der Waals surface area contributed by atoms with Crippen molar-refractivity contribution in [3.05, 3.63) is 63.4 Å². The fourth-order valence-electron chi connectivity index (χ4n) is 1.70. The first kappa shape index (κ1) is 14.6. The van der Waals surface area contributed by atoms with Crippen LogP contribution in [0.15, 0.2) is 36.4 Å². The second kappa shape index (κ2) is 6.11. The average molecular weight is 313 g/mol. The highest BCUT2D eigenvalue weighted by Crippen LogP contribution is 2.25. The Kier molecular flexibility index (Phi) is 4.47. The molecule has 0 aromatic heterocycles. The molecule has 0 unspecified atom stereocenters. The van der Waals surface area contributed by atoms with E-state index in [2.05, 4.69) is 0 Å². The van der Waals surface area contributed by atoms with Crippen molar-refractivity contribution in [2.45, 2.75) is 6.61 Å². The van der Waals surface area contributed by atoms with E-state index in [0.717, 1.165) is 0 Å². The van der Waals surface area contributed by atoms with Gasteiger partial charge in [-0.1, -0.05) is 29.3 Å². The van der Waals surface area contributed by atoms with E-state index in [9.17, 15) is 4.39 Å². The Hall–Kier alpha value is -1.78. The Balaban J connectivity index is 2.20. The molecule has 2 rings (SSSR count). The number of ether oxygens (including phenoxy) is 1. The highest BCUT2D eigenvalue weighted by atomic mass is 35.5. The molecule has 3 N–H and O–H groups in total. The number of hydrogen-bond acceptors (Lipinski definition) is 2. The van der Waals surface area contributed by atoms with Crippen LogP contribution in [0, 0.1) is 11.2 Å². The van der Waals surface area contributed by atoms with E-state index in [1.54, 1.807) is 18.2 Å². The fraction of sp³-hybridized carbons (Fsp3) is 0.0714. The van der Waals surface area contributed by atoms with E-state index in [1.807, 2.05) is 0 Å². The van der Waals surface area contributed by atoms with E-state index in [-0.39, 0.29) is 12.4 Å². The van der Waals surface area contributed by atoms with Crippen LogP contribution in [0.2, 0.25) is 10.0 Å². The van der Waals surface area contributed by atoms with Gasteiger partial charge in [-0.15, -0.1) is 0 Å². The number of rotatable bonds is 4. The van der Waals surface area contributed by atoms with Crippen LogP contribution >= 0.6 is 23.2 Å². The molecule has 3 nitrogen and oxygen atoms in total. The summed E-state index contributed by atoms with van der Waals surface area (Å²) in [5.41, 5.74) is 6.33. The van der Waals surface area contributed by atoms with Gasteiger partial charge in [0.25, 0.3) is 0 Å². The lowest BCUT2D eigenvalue weighted by Crippen LogP contribution is -2.15. The monoisotopic (exact) mass is 312 g/mol. The first-order chi connectivity index (χ1) is 9.45. The zero-order valence-corrected chi connectivity index (χ0v) is 11.8. The maximum Gasteiger partial charge on any atom is 0.123 e. The molecule has 0 saturated carbocycles. The number of halogens is 3. The molecule has 0 heterocycles. The molecule has 0 fully saturated rings. The fourth-order valence-corrected chi connectivity index (χ4v) is 2.20. The molecule has 0 aliphatic heterocycles. The number of nitrogens with two attached hydrogens (primary N) is 1. The first-order valence-corrected chi connectivity index (χ1v) is 6.43. The predicted octanol–water partition coefficient (Wildman–Crippen LogP) is 4.00. The van der Waals surface area contributed by atoms with Crippen molar-refractivity contribution in [1.82, 2.24) is 0 Å². The summed E-state index contributed by atoms with van der Waals surface area (Å²) < 4.78 is 18.7. The smallest absolute Gasteiger partial charge is 0.123 e. The summed E-state index contributed by atoms with van der Waals surface area (Å²) in [4.78, 5) is 0. The highest BCUT2D eigenvalue weighted by molar-refractivity contribution is 6.34. The number of nitrogen functional groups attached to an aromatic ring is 1. The largest absolute Gasteiger partial charge is 0.489 e. The third-order valence-corrected chi connectivity index (χ3v) is 3.03. The molecule has 20 heavy (non-hydrogen) atoms. The number of amidine groups is 1. The van der Waals surface area contributed by atoms with Gasteiger partial charge >= 0.3 is 0 Å². The van der Waals surface area contributed by atoms with Crippen LogP contribution in [0.5, 0.6) is 5.75 Å². The minimum atomic E-state index is -0.454. The molecule has 2 aromatic carbocycles. The molecular weight excluding hydrogens is 302 g/mol. The second-order valence-corrected chi connectivity index (χ2v) is 4.98. The second-order valence-electron chi connectivity index (χ2n) is 4.11. The van der Waals surface area contributed by atoms with Gasteiger partial charge < -0.3 is 10.5 Å². The van der Waals surface area contributed by atoms with Gasteiger partial charge in [0.05, 0.1) is 0 Å². The van der Waals surface area contributed by atoms with Gasteiger partial charge in [-0.05, 0) is 30.3 Å². The summed E-state index contributed by atoms with van der Waals surface area (Å²) >= 11 is 11.7. The van der Waals surface area contributed by atoms with Gasteiger partial charge in [-0.2, -0.15) is 0 Å². The van der Waals surface area contributed by atoms with Crippen molar-refractivity contribution in [2.75, 3.05) is 0 Å². The number of benzene rings is 2. The minimum absolute atomic E-state index is 0.131. The average Bonchev–Trinajstić information content (AvgIpc) is 2.36. The topological polar surface area (TPSA) is 59.1 Å². The van der Waals surface area contributed by atoms with E-state index in [4.69, 9.17) is 39.1 Å². The molecule has 0 amide bonds. The molecule has 0 spiro atoms. The van der Waals surface area contributed by atoms with Gasteiger partial charge in [0.15, 0.2) is 0 Å². The molecule has 2 aromatic rings. The Morgan fingerprint density at radius 1 is 1.15 bits per heavy atom. The predicted molar refractivity (Wildman–Crippen MR) is 78.2 cm³/mol. The lowest BCUT2D eigenvalue weighted by Gasteiger charge is -2.11. The van der Waals surface area contributed by atoms with Crippen LogP contribution in [0.1, 0.15) is 11.1 Å². The van der Waals surface area contributed by atoms with Crippen molar-refractivity contribution >= 4 is 29.0 Å². The summed E-state index contributed by atoms with van der Waals surface area (Å²) in [5.74, 6) is -0.182. The summed E-state index contributed by atoms with van der Waals surface area (Å²) in [6, 6.07) is 8.84. The molecule has 0 atom stereocenters. The van der Waals surface area contributed by atoms with Crippen LogP contribution < -0.4 is 10.5 Å². The zero-order chi connectivity index (χ0) is 14.7. The van der Waals surface area contributed by atoms with Crippen LogP contribution in [-0.4, -0.2) is 5.84 Å². The third-order valence-electron chi connectivity index (χ3n) is 2.59. The Morgan fingerprint density at radius 2 is 1.80 bits per heavy atom. The summed E-state index contributed by atoms with van der Waals surface area (Å²) in [5, 5.41) is 8.35. The van der Waals surface area contributed by atoms with Crippen LogP contribution in [0.25, 0.3) is 0 Å². The van der Waals surface area contributed by atoms with Gasteiger partial charge in [0.1, 0.15) is 24.0 Å².